The number of carbonyl (C=O) groups is 3. The highest BCUT2D eigenvalue weighted by Crippen LogP contribution is 2.38. The first-order valence-corrected chi connectivity index (χ1v) is 8.47. The van der Waals surface area contributed by atoms with E-state index in [1.165, 1.54) is 0 Å². The van der Waals surface area contributed by atoms with E-state index < -0.39 is 12.1 Å². The first-order chi connectivity index (χ1) is 11.9. The zero-order chi connectivity index (χ0) is 18.1. The molecule has 0 aromatic rings. The fourth-order valence-electron chi connectivity index (χ4n) is 3.15. The summed E-state index contributed by atoms with van der Waals surface area (Å²) in [7, 11) is 0. The van der Waals surface area contributed by atoms with Gasteiger partial charge in [-0.25, -0.2) is 4.79 Å². The Bertz CT molecular complexity index is 671. The van der Waals surface area contributed by atoms with Gasteiger partial charge in [-0.15, -0.1) is 0 Å². The minimum Gasteiger partial charge on any atom is -0.461 e. The fourth-order valence-corrected chi connectivity index (χ4v) is 3.15. The Kier molecular flexibility index (Phi) is 4.90. The van der Waals surface area contributed by atoms with Gasteiger partial charge in [0.2, 0.25) is 0 Å². The van der Waals surface area contributed by atoms with Crippen LogP contribution in [-0.4, -0.2) is 43.1 Å². The topological polar surface area (TPSA) is 82.2 Å². The molecule has 25 heavy (non-hydrogen) atoms. The summed E-state index contributed by atoms with van der Waals surface area (Å²) in [6.45, 7) is 7.51. The normalized spacial score (nSPS) is 35.5. The molecule has 2 saturated heterocycles. The van der Waals surface area contributed by atoms with E-state index in [0.717, 1.165) is 11.9 Å². The number of allylic oxidation sites excluding steroid dienone is 1. The van der Waals surface area contributed by atoms with E-state index in [0.29, 0.717) is 24.0 Å². The summed E-state index contributed by atoms with van der Waals surface area (Å²) in [5.74, 6) is -1.09. The highest BCUT2D eigenvalue weighted by atomic mass is 16.6. The molecule has 1 aliphatic carbocycles. The Morgan fingerprint density at radius 2 is 2.24 bits per heavy atom. The highest BCUT2D eigenvalue weighted by molar-refractivity contribution is 5.91. The van der Waals surface area contributed by atoms with Crippen molar-refractivity contribution in [1.82, 2.24) is 0 Å². The third kappa shape index (κ3) is 3.74. The zero-order valence-corrected chi connectivity index (χ0v) is 14.4. The second kappa shape index (κ2) is 6.96. The van der Waals surface area contributed by atoms with Crippen LogP contribution in [0.5, 0.6) is 0 Å². The van der Waals surface area contributed by atoms with Gasteiger partial charge in [0.15, 0.2) is 0 Å². The van der Waals surface area contributed by atoms with E-state index >= 15 is 0 Å². The summed E-state index contributed by atoms with van der Waals surface area (Å²) in [6, 6.07) is 0. The van der Waals surface area contributed by atoms with Crippen LogP contribution in [0.1, 0.15) is 26.7 Å². The predicted molar refractivity (Wildman–Crippen MR) is 88.4 cm³/mol. The monoisotopic (exact) mass is 346 g/mol. The number of esters is 2. The molecule has 4 unspecified atom stereocenters. The summed E-state index contributed by atoms with van der Waals surface area (Å²) >= 11 is 0. The zero-order valence-electron chi connectivity index (χ0n) is 14.4. The fraction of sp³-hybridized carbons (Fsp3) is 0.526. The van der Waals surface area contributed by atoms with Crippen LogP contribution in [0.2, 0.25) is 0 Å². The number of fused-ring (bicyclic) bond motifs is 2. The number of carbonyl (C=O) groups excluding carboxylic acids is 3. The Labute approximate surface area is 146 Å². The van der Waals surface area contributed by atoms with Crippen molar-refractivity contribution in [2.75, 3.05) is 6.61 Å². The third-order valence-electron chi connectivity index (χ3n) is 4.76. The summed E-state index contributed by atoms with van der Waals surface area (Å²) in [6.07, 6.45) is 4.56. The van der Waals surface area contributed by atoms with E-state index in [1.54, 1.807) is 19.9 Å². The van der Waals surface area contributed by atoms with Crippen LogP contribution in [0.25, 0.3) is 0 Å². The van der Waals surface area contributed by atoms with Gasteiger partial charge >= 0.3 is 11.9 Å². The molecule has 2 aliphatic heterocycles. The van der Waals surface area contributed by atoms with E-state index in [9.17, 15) is 14.4 Å². The van der Waals surface area contributed by atoms with Crippen molar-refractivity contribution < 1.29 is 28.6 Å². The number of epoxide rings is 1. The van der Waals surface area contributed by atoms with Gasteiger partial charge in [-0.1, -0.05) is 26.5 Å². The quantitative estimate of drug-likeness (QED) is 0.254. The van der Waals surface area contributed by atoms with Crippen LogP contribution in [0.15, 0.2) is 35.5 Å². The van der Waals surface area contributed by atoms with Gasteiger partial charge < -0.3 is 14.2 Å². The SMILES string of the molecule is C=C1C(=O)OC2C/C(C=O)=C\C3OC3/C(COC(=O)C(C)C)=C\CC12. The van der Waals surface area contributed by atoms with Crippen molar-refractivity contribution >= 4 is 18.2 Å². The molecule has 3 aliphatic rings. The molecular formula is C19H22O6. The number of aldehydes is 1. The molecule has 0 spiro atoms. The molecule has 6 heteroatoms. The molecule has 2 heterocycles. The minimum atomic E-state index is -0.415. The molecule has 0 amide bonds. The lowest BCUT2D eigenvalue weighted by molar-refractivity contribution is -0.146. The molecule has 0 bridgehead atoms. The van der Waals surface area contributed by atoms with Crippen molar-refractivity contribution in [3.63, 3.8) is 0 Å². The van der Waals surface area contributed by atoms with Crippen molar-refractivity contribution in [3.8, 4) is 0 Å². The number of rotatable bonds is 4. The van der Waals surface area contributed by atoms with Gasteiger partial charge in [0.05, 0.1) is 5.92 Å². The molecule has 0 aromatic carbocycles. The molecule has 0 aromatic heterocycles. The van der Waals surface area contributed by atoms with Gasteiger partial charge in [-0.05, 0) is 23.6 Å². The summed E-state index contributed by atoms with van der Waals surface area (Å²) in [5, 5.41) is 0. The van der Waals surface area contributed by atoms with Crippen LogP contribution < -0.4 is 0 Å². The van der Waals surface area contributed by atoms with Gasteiger partial charge in [-0.3, -0.25) is 9.59 Å². The number of hydrogen-bond acceptors (Lipinski definition) is 6. The van der Waals surface area contributed by atoms with Gasteiger partial charge in [-0.2, -0.15) is 0 Å². The smallest absolute Gasteiger partial charge is 0.334 e. The standard InChI is InChI=1S/C19H22O6/c1-10(2)18(21)23-9-13-4-5-14-11(3)19(22)25-15(14)6-12(8-20)7-16-17(13)24-16/h4,7-8,10,14-17H,3,5-6,9H2,1-2H3/b12-7+,13-4-. The van der Waals surface area contributed by atoms with Gasteiger partial charge in [0.1, 0.15) is 31.2 Å². The van der Waals surface area contributed by atoms with Gasteiger partial charge in [0.25, 0.3) is 0 Å². The largest absolute Gasteiger partial charge is 0.461 e. The second-order valence-corrected chi connectivity index (χ2v) is 6.94. The Hall–Kier alpha value is -2.21. The van der Waals surface area contributed by atoms with Crippen molar-refractivity contribution in [3.05, 3.63) is 35.5 Å². The molecule has 134 valence electrons. The third-order valence-corrected chi connectivity index (χ3v) is 4.76. The molecule has 6 nitrogen and oxygen atoms in total. The lowest BCUT2D eigenvalue weighted by atomic mass is 9.88. The molecule has 0 N–H and O–H groups in total. The highest BCUT2D eigenvalue weighted by Gasteiger charge is 2.44. The maximum Gasteiger partial charge on any atom is 0.334 e. The maximum absolute atomic E-state index is 11.8. The molecule has 4 atom stereocenters. The second-order valence-electron chi connectivity index (χ2n) is 6.94. The molecule has 3 rings (SSSR count). The molecular weight excluding hydrogens is 324 g/mol. The average molecular weight is 346 g/mol. The first-order valence-electron chi connectivity index (χ1n) is 8.47. The van der Waals surface area contributed by atoms with E-state index in [1.807, 2.05) is 6.08 Å². The molecule has 2 fully saturated rings. The molecule has 0 saturated carbocycles. The van der Waals surface area contributed by atoms with Crippen molar-refractivity contribution in [2.45, 2.75) is 45.0 Å². The van der Waals surface area contributed by atoms with Gasteiger partial charge in [0, 0.05) is 17.9 Å². The summed E-state index contributed by atoms with van der Waals surface area (Å²) in [5.41, 5.74) is 1.80. The summed E-state index contributed by atoms with van der Waals surface area (Å²) < 4.78 is 16.3. The van der Waals surface area contributed by atoms with E-state index in [2.05, 4.69) is 6.58 Å². The van der Waals surface area contributed by atoms with Crippen LogP contribution in [0, 0.1) is 11.8 Å². The first kappa shape index (κ1) is 17.6. The van der Waals surface area contributed by atoms with E-state index in [4.69, 9.17) is 14.2 Å². The van der Waals surface area contributed by atoms with Crippen molar-refractivity contribution in [2.24, 2.45) is 11.8 Å². The lowest BCUT2D eigenvalue weighted by Gasteiger charge is -2.18. The minimum absolute atomic E-state index is 0.140. The number of hydrogen-bond donors (Lipinski definition) is 0. The van der Waals surface area contributed by atoms with Crippen LogP contribution in [-0.2, 0) is 28.6 Å². The van der Waals surface area contributed by atoms with Crippen molar-refractivity contribution in [1.29, 1.82) is 0 Å². The van der Waals surface area contributed by atoms with Crippen LogP contribution >= 0.6 is 0 Å². The van der Waals surface area contributed by atoms with E-state index in [-0.39, 0.29) is 36.6 Å². The average Bonchev–Trinajstić information content (AvgIpc) is 3.28. The Morgan fingerprint density at radius 1 is 1.48 bits per heavy atom. The number of ether oxygens (including phenoxy) is 3. The maximum atomic E-state index is 11.8. The Balaban J connectivity index is 1.81. The summed E-state index contributed by atoms with van der Waals surface area (Å²) in [4.78, 5) is 34.9. The van der Waals surface area contributed by atoms with Crippen LogP contribution in [0.3, 0.4) is 0 Å². The van der Waals surface area contributed by atoms with Crippen LogP contribution in [0.4, 0.5) is 0 Å². The lowest BCUT2D eigenvalue weighted by Crippen LogP contribution is -2.20. The predicted octanol–water partition coefficient (Wildman–Crippen LogP) is 1.90. The molecule has 0 radical (unpaired) electrons. The Morgan fingerprint density at radius 3 is 2.92 bits per heavy atom.